The summed E-state index contributed by atoms with van der Waals surface area (Å²) in [7, 11) is 0. The van der Waals surface area contributed by atoms with Crippen molar-refractivity contribution in [2.24, 2.45) is 0 Å². The van der Waals surface area contributed by atoms with Crippen molar-refractivity contribution < 1.29 is 14.3 Å². The van der Waals surface area contributed by atoms with Crippen molar-refractivity contribution in [2.45, 2.75) is 46.3 Å². The molecule has 0 aliphatic heterocycles. The first-order chi connectivity index (χ1) is 13.7. The molecule has 0 heterocycles. The lowest BCUT2D eigenvalue weighted by molar-refractivity contribution is -0.142. The van der Waals surface area contributed by atoms with Gasteiger partial charge in [-0.25, -0.2) is 0 Å². The molecule has 0 saturated carbocycles. The normalized spacial score (nSPS) is 11.8. The lowest BCUT2D eigenvalue weighted by Gasteiger charge is -2.29. The molecule has 0 radical (unpaired) electrons. The summed E-state index contributed by atoms with van der Waals surface area (Å²) in [6, 6.07) is 11.7. The maximum atomic E-state index is 13.0. The maximum absolute atomic E-state index is 13.0. The van der Waals surface area contributed by atoms with Crippen molar-refractivity contribution >= 4 is 35.0 Å². The summed E-state index contributed by atoms with van der Waals surface area (Å²) in [6.45, 7) is 7.36. The number of carbonyl (C=O) groups excluding carboxylic acids is 2. The molecule has 2 rings (SSSR count). The highest BCUT2D eigenvalue weighted by Gasteiger charge is 2.27. The van der Waals surface area contributed by atoms with E-state index in [-0.39, 0.29) is 31.0 Å². The van der Waals surface area contributed by atoms with E-state index >= 15 is 0 Å². The second kappa shape index (κ2) is 10.5. The van der Waals surface area contributed by atoms with E-state index in [2.05, 4.69) is 5.32 Å². The predicted molar refractivity (Wildman–Crippen MR) is 116 cm³/mol. The van der Waals surface area contributed by atoms with Crippen molar-refractivity contribution in [3.8, 4) is 5.75 Å². The van der Waals surface area contributed by atoms with Gasteiger partial charge in [-0.3, -0.25) is 9.59 Å². The highest BCUT2D eigenvalue weighted by Crippen LogP contribution is 2.21. The van der Waals surface area contributed by atoms with Gasteiger partial charge in [0.1, 0.15) is 11.8 Å². The number of ether oxygens (including phenoxy) is 1. The summed E-state index contributed by atoms with van der Waals surface area (Å²) >= 11 is 12.1. The Labute approximate surface area is 181 Å². The first-order valence-corrected chi connectivity index (χ1v) is 10.2. The zero-order chi connectivity index (χ0) is 21.6. The van der Waals surface area contributed by atoms with Gasteiger partial charge in [0.05, 0.1) is 0 Å². The van der Waals surface area contributed by atoms with Crippen LogP contribution >= 0.6 is 23.2 Å². The van der Waals surface area contributed by atoms with Crippen LogP contribution in [0.15, 0.2) is 42.5 Å². The Balaban J connectivity index is 2.16. The van der Waals surface area contributed by atoms with E-state index in [1.165, 1.54) is 4.90 Å². The van der Waals surface area contributed by atoms with Gasteiger partial charge in [0.25, 0.3) is 5.91 Å². The molecule has 0 saturated heterocycles. The topological polar surface area (TPSA) is 58.6 Å². The van der Waals surface area contributed by atoms with Gasteiger partial charge in [-0.05, 0) is 69.2 Å². The van der Waals surface area contributed by atoms with Crippen LogP contribution in [0.3, 0.4) is 0 Å². The average Bonchev–Trinajstić information content (AvgIpc) is 2.65. The Morgan fingerprint density at radius 1 is 1.10 bits per heavy atom. The fourth-order valence-electron chi connectivity index (χ4n) is 2.75. The van der Waals surface area contributed by atoms with E-state index in [4.69, 9.17) is 27.9 Å². The van der Waals surface area contributed by atoms with E-state index < -0.39 is 6.04 Å². The van der Waals surface area contributed by atoms with Gasteiger partial charge in [0.15, 0.2) is 6.61 Å². The van der Waals surface area contributed by atoms with Crippen LogP contribution < -0.4 is 10.1 Å². The number of amides is 2. The van der Waals surface area contributed by atoms with Crippen molar-refractivity contribution in [1.82, 2.24) is 10.2 Å². The van der Waals surface area contributed by atoms with Gasteiger partial charge < -0.3 is 15.0 Å². The van der Waals surface area contributed by atoms with Crippen molar-refractivity contribution in [3.63, 3.8) is 0 Å². The number of carbonyl (C=O) groups is 2. The van der Waals surface area contributed by atoms with E-state index in [0.29, 0.717) is 15.8 Å². The number of benzene rings is 2. The minimum absolute atomic E-state index is 0.0265. The Hall–Kier alpha value is -2.24. The Morgan fingerprint density at radius 3 is 2.45 bits per heavy atom. The summed E-state index contributed by atoms with van der Waals surface area (Å²) in [5, 5.41) is 4.05. The number of rotatable bonds is 8. The molecular formula is C22H26Cl2N2O3. The van der Waals surface area contributed by atoms with Crippen molar-refractivity contribution in [1.29, 1.82) is 0 Å². The van der Waals surface area contributed by atoms with Crippen LogP contribution in [0.1, 0.15) is 31.9 Å². The molecule has 2 amide bonds. The molecule has 0 bridgehead atoms. The van der Waals surface area contributed by atoms with Crippen molar-refractivity contribution in [2.75, 3.05) is 6.61 Å². The summed E-state index contributed by atoms with van der Waals surface area (Å²) in [4.78, 5) is 27.0. The summed E-state index contributed by atoms with van der Waals surface area (Å²) in [5.74, 6) is 0.0175. The monoisotopic (exact) mass is 436 g/mol. The molecule has 1 atom stereocenters. The molecule has 2 aromatic carbocycles. The molecule has 156 valence electrons. The molecule has 5 nitrogen and oxygen atoms in total. The molecule has 0 spiro atoms. The fraction of sp³-hybridized carbons (Fsp3) is 0.364. The average molecular weight is 437 g/mol. The van der Waals surface area contributed by atoms with Crippen LogP contribution in [0.2, 0.25) is 10.0 Å². The number of hydrogen-bond acceptors (Lipinski definition) is 3. The van der Waals surface area contributed by atoms with Gasteiger partial charge in [-0.2, -0.15) is 0 Å². The lowest BCUT2D eigenvalue weighted by atomic mass is 10.1. The van der Waals surface area contributed by atoms with Gasteiger partial charge in [-0.15, -0.1) is 0 Å². The molecule has 2 aromatic rings. The Kier molecular flexibility index (Phi) is 8.35. The van der Waals surface area contributed by atoms with Crippen LogP contribution in [0, 0.1) is 6.92 Å². The number of nitrogens with zero attached hydrogens (tertiary/aromatic N) is 1. The summed E-state index contributed by atoms with van der Waals surface area (Å²) in [5.41, 5.74) is 1.69. The molecule has 0 aliphatic carbocycles. The van der Waals surface area contributed by atoms with Gasteiger partial charge >= 0.3 is 0 Å². The smallest absolute Gasteiger partial charge is 0.261 e. The maximum Gasteiger partial charge on any atom is 0.261 e. The Bertz CT molecular complexity index is 871. The summed E-state index contributed by atoms with van der Waals surface area (Å²) < 4.78 is 5.65. The second-order valence-corrected chi connectivity index (χ2v) is 8.03. The predicted octanol–water partition coefficient (Wildman–Crippen LogP) is 4.62. The Morgan fingerprint density at radius 2 is 1.83 bits per heavy atom. The third-order valence-electron chi connectivity index (χ3n) is 4.33. The molecule has 29 heavy (non-hydrogen) atoms. The molecular weight excluding hydrogens is 411 g/mol. The van der Waals surface area contributed by atoms with Crippen molar-refractivity contribution in [3.05, 3.63) is 63.6 Å². The van der Waals surface area contributed by atoms with Crippen LogP contribution in [-0.4, -0.2) is 35.4 Å². The quantitative estimate of drug-likeness (QED) is 0.656. The van der Waals surface area contributed by atoms with Gasteiger partial charge in [0, 0.05) is 22.6 Å². The van der Waals surface area contributed by atoms with E-state index in [0.717, 1.165) is 11.1 Å². The minimum Gasteiger partial charge on any atom is -0.484 e. The molecule has 0 fully saturated rings. The van der Waals surface area contributed by atoms with E-state index in [9.17, 15) is 9.59 Å². The SMILES string of the molecule is Cc1cc(OCC(=O)N(Cc2cccc(Cl)c2)[C@@H](C)C(=O)NC(C)C)ccc1Cl. The van der Waals surface area contributed by atoms with Crippen LogP contribution in [-0.2, 0) is 16.1 Å². The van der Waals surface area contributed by atoms with Crippen LogP contribution in [0.4, 0.5) is 0 Å². The third kappa shape index (κ3) is 6.94. The molecule has 0 aliphatic rings. The largest absolute Gasteiger partial charge is 0.484 e. The fourth-order valence-corrected chi connectivity index (χ4v) is 3.09. The first-order valence-electron chi connectivity index (χ1n) is 9.40. The summed E-state index contributed by atoms with van der Waals surface area (Å²) in [6.07, 6.45) is 0. The van der Waals surface area contributed by atoms with Crippen LogP contribution in [0.5, 0.6) is 5.75 Å². The number of hydrogen-bond donors (Lipinski definition) is 1. The molecule has 7 heteroatoms. The number of halogens is 2. The van der Waals surface area contributed by atoms with Gasteiger partial charge in [0.2, 0.25) is 5.91 Å². The first kappa shape index (κ1) is 23.0. The molecule has 1 N–H and O–H groups in total. The van der Waals surface area contributed by atoms with Gasteiger partial charge in [-0.1, -0.05) is 35.3 Å². The lowest BCUT2D eigenvalue weighted by Crippen LogP contribution is -2.50. The minimum atomic E-state index is -0.667. The zero-order valence-electron chi connectivity index (χ0n) is 17.0. The second-order valence-electron chi connectivity index (χ2n) is 7.19. The van der Waals surface area contributed by atoms with Crippen LogP contribution in [0.25, 0.3) is 0 Å². The molecule has 0 aromatic heterocycles. The zero-order valence-corrected chi connectivity index (χ0v) is 18.6. The number of nitrogens with one attached hydrogen (secondary N) is 1. The van der Waals surface area contributed by atoms with E-state index in [1.807, 2.05) is 32.9 Å². The highest BCUT2D eigenvalue weighted by atomic mass is 35.5. The highest BCUT2D eigenvalue weighted by molar-refractivity contribution is 6.31. The third-order valence-corrected chi connectivity index (χ3v) is 4.99. The van der Waals surface area contributed by atoms with E-state index in [1.54, 1.807) is 37.3 Å². The number of aryl methyl sites for hydroxylation is 1. The standard InChI is InChI=1S/C22H26Cl2N2O3/c1-14(2)25-22(28)16(4)26(12-17-6-5-7-18(23)11-17)21(27)13-29-19-8-9-20(24)15(3)10-19/h5-11,14,16H,12-13H2,1-4H3,(H,25,28)/t16-/m0/s1. The molecule has 0 unspecified atom stereocenters.